The molecular formula is C20H22ClN5O3. The van der Waals surface area contributed by atoms with Crippen LogP contribution in [0, 0.1) is 0 Å². The predicted molar refractivity (Wildman–Crippen MR) is 109 cm³/mol. The van der Waals surface area contributed by atoms with E-state index in [0.717, 1.165) is 11.1 Å². The molecular weight excluding hydrogens is 394 g/mol. The van der Waals surface area contributed by atoms with Crippen LogP contribution >= 0.6 is 11.6 Å². The highest BCUT2D eigenvalue weighted by Crippen LogP contribution is 2.43. The van der Waals surface area contributed by atoms with Crippen molar-refractivity contribution in [2.45, 2.75) is 25.4 Å². The number of rotatable bonds is 6. The average Bonchev–Trinajstić information content (AvgIpc) is 3.22. The number of tetrazole rings is 1. The number of nitrogens with zero attached hydrogens (tertiary/aromatic N) is 4. The summed E-state index contributed by atoms with van der Waals surface area (Å²) in [5.74, 6) is 2.59. The summed E-state index contributed by atoms with van der Waals surface area (Å²) in [6, 6.07) is 11.5. The smallest absolute Gasteiger partial charge is 0.243 e. The molecule has 29 heavy (non-hydrogen) atoms. The first-order chi connectivity index (χ1) is 14.2. The molecule has 9 heteroatoms. The predicted octanol–water partition coefficient (Wildman–Crippen LogP) is 3.89. The van der Waals surface area contributed by atoms with Crippen molar-refractivity contribution >= 4 is 17.5 Å². The standard InChI is InChI=1S/C20H22ClN5O3/c1-4-29-17-9-8-12(10-14(17)21)15-11-16(26-20(22-15)23-24-25-26)13-6-5-7-18(27-2)19(13)28-3/h5-10,15-16H,4,11H2,1-3H3,(H,22,23,25)/t15-,16-/m1/s1. The number of methoxy groups -OCH3 is 2. The zero-order valence-electron chi connectivity index (χ0n) is 16.4. The summed E-state index contributed by atoms with van der Waals surface area (Å²) in [6.07, 6.45) is 0.700. The van der Waals surface area contributed by atoms with Crippen molar-refractivity contribution in [2.24, 2.45) is 0 Å². The lowest BCUT2D eigenvalue weighted by Gasteiger charge is -2.32. The summed E-state index contributed by atoms with van der Waals surface area (Å²) in [5.41, 5.74) is 1.98. The van der Waals surface area contributed by atoms with Gasteiger partial charge in [0.05, 0.1) is 37.9 Å². The molecule has 2 aromatic carbocycles. The number of hydrogen-bond donors (Lipinski definition) is 1. The second-order valence-corrected chi connectivity index (χ2v) is 7.01. The van der Waals surface area contributed by atoms with E-state index in [0.29, 0.717) is 41.2 Å². The Kier molecular flexibility index (Phi) is 5.44. The normalized spacial score (nSPS) is 17.9. The number of hydrogen-bond acceptors (Lipinski definition) is 7. The summed E-state index contributed by atoms with van der Waals surface area (Å²) < 4.78 is 18.4. The lowest BCUT2D eigenvalue weighted by Crippen LogP contribution is -2.28. The van der Waals surface area contributed by atoms with Crippen LogP contribution in [0.15, 0.2) is 36.4 Å². The van der Waals surface area contributed by atoms with Gasteiger partial charge in [-0.2, -0.15) is 0 Å². The highest BCUT2D eigenvalue weighted by molar-refractivity contribution is 6.32. The van der Waals surface area contributed by atoms with Gasteiger partial charge in [-0.25, -0.2) is 4.68 Å². The van der Waals surface area contributed by atoms with Crippen LogP contribution in [0.1, 0.15) is 36.6 Å². The summed E-state index contributed by atoms with van der Waals surface area (Å²) in [7, 11) is 3.25. The van der Waals surface area contributed by atoms with Gasteiger partial charge in [0.15, 0.2) is 11.5 Å². The number of para-hydroxylation sites is 1. The SMILES string of the molecule is CCOc1ccc([C@H]2C[C@H](c3cccc(OC)c3OC)n3nnnc3N2)cc1Cl. The van der Waals surface area contributed by atoms with Crippen LogP contribution < -0.4 is 19.5 Å². The molecule has 0 radical (unpaired) electrons. The van der Waals surface area contributed by atoms with Crippen LogP contribution in [-0.2, 0) is 0 Å². The Morgan fingerprint density at radius 1 is 1.17 bits per heavy atom. The Morgan fingerprint density at radius 3 is 2.76 bits per heavy atom. The van der Waals surface area contributed by atoms with Crippen LogP contribution in [0.5, 0.6) is 17.2 Å². The molecule has 8 nitrogen and oxygen atoms in total. The third kappa shape index (κ3) is 3.55. The topological polar surface area (TPSA) is 83.3 Å². The number of benzene rings is 2. The largest absolute Gasteiger partial charge is 0.493 e. The minimum absolute atomic E-state index is 0.0393. The van der Waals surface area contributed by atoms with Gasteiger partial charge >= 0.3 is 0 Å². The van der Waals surface area contributed by atoms with Gasteiger partial charge in [-0.3, -0.25) is 0 Å². The van der Waals surface area contributed by atoms with Crippen molar-refractivity contribution in [1.29, 1.82) is 0 Å². The van der Waals surface area contributed by atoms with Crippen LogP contribution in [-0.4, -0.2) is 41.0 Å². The van der Waals surface area contributed by atoms with E-state index in [4.69, 9.17) is 25.8 Å². The summed E-state index contributed by atoms with van der Waals surface area (Å²) >= 11 is 6.41. The van der Waals surface area contributed by atoms with Crippen molar-refractivity contribution in [3.63, 3.8) is 0 Å². The van der Waals surface area contributed by atoms with Gasteiger partial charge in [0.2, 0.25) is 5.95 Å². The van der Waals surface area contributed by atoms with E-state index in [9.17, 15) is 0 Å². The first kappa shape index (κ1) is 19.3. The highest BCUT2D eigenvalue weighted by Gasteiger charge is 2.33. The molecule has 1 N–H and O–H groups in total. The number of fused-ring (bicyclic) bond motifs is 1. The first-order valence-electron chi connectivity index (χ1n) is 9.33. The summed E-state index contributed by atoms with van der Waals surface area (Å²) in [4.78, 5) is 0. The second-order valence-electron chi connectivity index (χ2n) is 6.60. The van der Waals surface area contributed by atoms with E-state index in [2.05, 4.69) is 20.8 Å². The van der Waals surface area contributed by atoms with Crippen LogP contribution in [0.3, 0.4) is 0 Å². The molecule has 2 heterocycles. The molecule has 1 aliphatic heterocycles. The fourth-order valence-corrected chi connectivity index (χ4v) is 3.94. The lowest BCUT2D eigenvalue weighted by molar-refractivity contribution is 0.338. The first-order valence-corrected chi connectivity index (χ1v) is 9.71. The Morgan fingerprint density at radius 2 is 2.03 bits per heavy atom. The zero-order chi connectivity index (χ0) is 20.4. The molecule has 4 rings (SSSR count). The number of ether oxygens (including phenoxy) is 3. The average molecular weight is 416 g/mol. The Labute approximate surface area is 173 Å². The van der Waals surface area contributed by atoms with Gasteiger partial charge < -0.3 is 19.5 Å². The number of halogens is 1. The van der Waals surface area contributed by atoms with Gasteiger partial charge in [0.1, 0.15) is 5.75 Å². The minimum Gasteiger partial charge on any atom is -0.493 e. The number of anilines is 1. The molecule has 0 saturated carbocycles. The molecule has 3 aromatic rings. The fourth-order valence-electron chi connectivity index (χ4n) is 3.70. The molecule has 0 amide bonds. The molecule has 0 bridgehead atoms. The third-order valence-electron chi connectivity index (χ3n) is 5.00. The van der Waals surface area contributed by atoms with E-state index in [1.165, 1.54) is 0 Å². The minimum atomic E-state index is -0.137. The van der Waals surface area contributed by atoms with Crippen molar-refractivity contribution in [3.8, 4) is 17.2 Å². The van der Waals surface area contributed by atoms with E-state index >= 15 is 0 Å². The van der Waals surface area contributed by atoms with E-state index in [1.807, 2.05) is 43.3 Å². The fraction of sp³-hybridized carbons (Fsp3) is 0.350. The van der Waals surface area contributed by atoms with Gasteiger partial charge in [-0.1, -0.05) is 34.9 Å². The zero-order valence-corrected chi connectivity index (χ0v) is 17.2. The Hall–Kier alpha value is -3.00. The molecule has 0 unspecified atom stereocenters. The maximum Gasteiger partial charge on any atom is 0.243 e. The molecule has 152 valence electrons. The highest BCUT2D eigenvalue weighted by atomic mass is 35.5. The van der Waals surface area contributed by atoms with Crippen molar-refractivity contribution < 1.29 is 14.2 Å². The maximum absolute atomic E-state index is 6.41. The van der Waals surface area contributed by atoms with Crippen LogP contribution in [0.25, 0.3) is 0 Å². The van der Waals surface area contributed by atoms with Gasteiger partial charge in [-0.15, -0.1) is 0 Å². The van der Waals surface area contributed by atoms with Gasteiger partial charge in [0, 0.05) is 5.56 Å². The molecule has 0 aliphatic carbocycles. The van der Waals surface area contributed by atoms with Crippen LogP contribution in [0.2, 0.25) is 5.02 Å². The Balaban J connectivity index is 1.73. The van der Waals surface area contributed by atoms with Crippen molar-refractivity contribution in [3.05, 3.63) is 52.5 Å². The third-order valence-corrected chi connectivity index (χ3v) is 5.30. The quantitative estimate of drug-likeness (QED) is 0.653. The molecule has 2 atom stereocenters. The summed E-state index contributed by atoms with van der Waals surface area (Å²) in [6.45, 7) is 2.49. The maximum atomic E-state index is 6.41. The number of nitrogens with one attached hydrogen (secondary N) is 1. The van der Waals surface area contributed by atoms with Crippen LogP contribution in [0.4, 0.5) is 5.95 Å². The number of aromatic nitrogens is 4. The van der Waals surface area contributed by atoms with Crippen molar-refractivity contribution in [2.75, 3.05) is 26.1 Å². The monoisotopic (exact) mass is 415 g/mol. The molecule has 0 fully saturated rings. The molecule has 1 aromatic heterocycles. The van der Waals surface area contributed by atoms with Gasteiger partial charge in [-0.05, 0) is 47.5 Å². The molecule has 0 spiro atoms. The second kappa shape index (κ2) is 8.16. The van der Waals surface area contributed by atoms with Crippen molar-refractivity contribution in [1.82, 2.24) is 20.2 Å². The molecule has 1 aliphatic rings. The Bertz CT molecular complexity index is 1010. The summed E-state index contributed by atoms with van der Waals surface area (Å²) in [5, 5.41) is 16.1. The lowest BCUT2D eigenvalue weighted by atomic mass is 9.92. The van der Waals surface area contributed by atoms with E-state index in [-0.39, 0.29) is 12.1 Å². The van der Waals surface area contributed by atoms with E-state index < -0.39 is 0 Å². The van der Waals surface area contributed by atoms with E-state index in [1.54, 1.807) is 18.9 Å². The van der Waals surface area contributed by atoms with Gasteiger partial charge in [0.25, 0.3) is 0 Å². The molecule has 0 saturated heterocycles.